The number of nitrogens with zero attached hydrogens (tertiary/aromatic N) is 4. The lowest BCUT2D eigenvalue weighted by Crippen LogP contribution is -2.25. The van der Waals surface area contributed by atoms with Crippen molar-refractivity contribution in [2.24, 2.45) is 5.11 Å². The summed E-state index contributed by atoms with van der Waals surface area (Å²) >= 11 is 0. The maximum absolute atomic E-state index is 13.7. The Bertz CT molecular complexity index is 545. The summed E-state index contributed by atoms with van der Waals surface area (Å²) < 4.78 is 18.6. The molecule has 100 valence electrons. The lowest BCUT2D eigenvalue weighted by molar-refractivity contribution is 0.0963. The van der Waals surface area contributed by atoms with E-state index in [1.807, 2.05) is 0 Å². The molecule has 1 heterocycles. The van der Waals surface area contributed by atoms with Crippen LogP contribution in [-0.4, -0.2) is 30.5 Å². The standard InChI is InChI=1S/C11H11FN4O3/c12-10-3-8(2-1-7(10)4-14-15-13)16-5-9(6-17)19-11(16)18/h1-3,9,17H,4-6H2/t9-/m0/s1. The Morgan fingerprint density at radius 3 is 3.00 bits per heavy atom. The third-order valence-corrected chi connectivity index (χ3v) is 2.73. The van der Waals surface area contributed by atoms with Gasteiger partial charge in [-0.1, -0.05) is 11.2 Å². The first-order valence-electron chi connectivity index (χ1n) is 5.54. The highest BCUT2D eigenvalue weighted by molar-refractivity contribution is 5.89. The van der Waals surface area contributed by atoms with Crippen molar-refractivity contribution in [1.29, 1.82) is 0 Å². The van der Waals surface area contributed by atoms with Crippen LogP contribution in [0.1, 0.15) is 5.56 Å². The molecule has 0 bridgehead atoms. The van der Waals surface area contributed by atoms with Crippen LogP contribution in [0.5, 0.6) is 0 Å². The maximum Gasteiger partial charge on any atom is 0.414 e. The number of amides is 1. The van der Waals surface area contributed by atoms with E-state index in [1.54, 1.807) is 0 Å². The Balaban J connectivity index is 2.20. The molecule has 1 aromatic carbocycles. The maximum atomic E-state index is 13.7. The van der Waals surface area contributed by atoms with Gasteiger partial charge in [-0.25, -0.2) is 9.18 Å². The molecule has 0 spiro atoms. The number of rotatable bonds is 4. The molecule has 8 heteroatoms. The van der Waals surface area contributed by atoms with E-state index >= 15 is 0 Å². The summed E-state index contributed by atoms with van der Waals surface area (Å²) in [5.74, 6) is -0.565. The summed E-state index contributed by atoms with van der Waals surface area (Å²) in [6.45, 7) is -0.198. The molecule has 0 aromatic heterocycles. The number of aliphatic hydroxyl groups is 1. The monoisotopic (exact) mass is 266 g/mol. The van der Waals surface area contributed by atoms with E-state index in [-0.39, 0.29) is 25.3 Å². The third kappa shape index (κ3) is 2.75. The highest BCUT2D eigenvalue weighted by Crippen LogP contribution is 2.24. The molecule has 1 amide bonds. The number of halogens is 1. The molecule has 1 saturated heterocycles. The molecule has 0 saturated carbocycles. The van der Waals surface area contributed by atoms with Crippen molar-refractivity contribution in [2.75, 3.05) is 18.1 Å². The van der Waals surface area contributed by atoms with Crippen molar-refractivity contribution in [2.45, 2.75) is 12.6 Å². The first-order chi connectivity index (χ1) is 9.15. The summed E-state index contributed by atoms with van der Waals surface area (Å²) in [5, 5.41) is 12.2. The summed E-state index contributed by atoms with van der Waals surface area (Å²) in [6, 6.07) is 4.15. The van der Waals surface area contributed by atoms with Crippen LogP contribution in [0, 0.1) is 5.82 Å². The van der Waals surface area contributed by atoms with Gasteiger partial charge in [-0.2, -0.15) is 0 Å². The minimum Gasteiger partial charge on any atom is -0.441 e. The van der Waals surface area contributed by atoms with Crippen molar-refractivity contribution in [3.63, 3.8) is 0 Å². The van der Waals surface area contributed by atoms with E-state index < -0.39 is 18.0 Å². The molecule has 1 aliphatic rings. The molecule has 1 atom stereocenters. The van der Waals surface area contributed by atoms with Crippen molar-refractivity contribution in [3.05, 3.63) is 40.0 Å². The summed E-state index contributed by atoms with van der Waals surface area (Å²) in [7, 11) is 0. The van der Waals surface area contributed by atoms with Gasteiger partial charge in [0.25, 0.3) is 0 Å². The van der Waals surface area contributed by atoms with Crippen molar-refractivity contribution in [1.82, 2.24) is 0 Å². The van der Waals surface area contributed by atoms with Gasteiger partial charge in [-0.3, -0.25) is 4.90 Å². The van der Waals surface area contributed by atoms with Crippen LogP contribution in [0.15, 0.2) is 23.3 Å². The van der Waals surface area contributed by atoms with Gasteiger partial charge in [0.05, 0.1) is 25.4 Å². The Kier molecular flexibility index (Phi) is 3.84. The highest BCUT2D eigenvalue weighted by atomic mass is 19.1. The highest BCUT2D eigenvalue weighted by Gasteiger charge is 2.32. The molecule has 1 aliphatic heterocycles. The van der Waals surface area contributed by atoms with E-state index in [9.17, 15) is 9.18 Å². The molecular weight excluding hydrogens is 255 g/mol. The van der Waals surface area contributed by atoms with Crippen molar-refractivity contribution in [3.8, 4) is 0 Å². The molecule has 2 rings (SSSR count). The van der Waals surface area contributed by atoms with E-state index in [2.05, 4.69) is 10.0 Å². The third-order valence-electron chi connectivity index (χ3n) is 2.73. The van der Waals surface area contributed by atoms with Crippen LogP contribution in [0.3, 0.4) is 0 Å². The molecule has 0 unspecified atom stereocenters. The number of cyclic esters (lactones) is 1. The molecule has 0 radical (unpaired) electrons. The zero-order valence-electron chi connectivity index (χ0n) is 9.86. The van der Waals surface area contributed by atoms with Gasteiger partial charge in [0.15, 0.2) is 0 Å². The molecule has 1 N–H and O–H groups in total. The van der Waals surface area contributed by atoms with Gasteiger partial charge in [-0.05, 0) is 23.2 Å². The Hall–Kier alpha value is -2.31. The number of benzene rings is 1. The smallest absolute Gasteiger partial charge is 0.414 e. The normalized spacial score (nSPS) is 18.1. The predicted octanol–water partition coefficient (Wildman–Crippen LogP) is 1.95. The number of aliphatic hydroxyl groups excluding tert-OH is 1. The Morgan fingerprint density at radius 2 is 2.42 bits per heavy atom. The second-order valence-electron chi connectivity index (χ2n) is 3.96. The second kappa shape index (κ2) is 5.55. The van der Waals surface area contributed by atoms with Crippen LogP contribution in [0.2, 0.25) is 0 Å². The summed E-state index contributed by atoms with van der Waals surface area (Å²) in [5.41, 5.74) is 8.76. The lowest BCUT2D eigenvalue weighted by Gasteiger charge is -2.13. The van der Waals surface area contributed by atoms with E-state index in [0.717, 1.165) is 0 Å². The Labute approximate surface area is 107 Å². The zero-order valence-corrected chi connectivity index (χ0v) is 9.86. The number of azide groups is 1. The number of carbonyl (C=O) groups excluding carboxylic acids is 1. The zero-order chi connectivity index (χ0) is 13.8. The number of ether oxygens (including phenoxy) is 1. The minimum atomic E-state index is -0.624. The van der Waals surface area contributed by atoms with Gasteiger partial charge in [0.1, 0.15) is 11.9 Å². The number of hydrogen-bond acceptors (Lipinski definition) is 4. The van der Waals surface area contributed by atoms with Crippen molar-refractivity contribution >= 4 is 11.8 Å². The second-order valence-corrected chi connectivity index (χ2v) is 3.96. The van der Waals surface area contributed by atoms with E-state index in [4.69, 9.17) is 15.4 Å². The summed E-state index contributed by atoms with van der Waals surface area (Å²) in [6.07, 6.45) is -1.22. The van der Waals surface area contributed by atoms with Gasteiger partial charge in [-0.15, -0.1) is 0 Å². The minimum absolute atomic E-state index is 0.0909. The fourth-order valence-corrected chi connectivity index (χ4v) is 1.77. The fourth-order valence-electron chi connectivity index (χ4n) is 1.77. The quantitative estimate of drug-likeness (QED) is 0.512. The van der Waals surface area contributed by atoms with Crippen LogP contribution in [-0.2, 0) is 11.3 Å². The number of carbonyl (C=O) groups is 1. The summed E-state index contributed by atoms with van der Waals surface area (Å²) in [4.78, 5) is 15.3. The van der Waals surface area contributed by atoms with Crippen molar-refractivity contribution < 1.29 is 19.0 Å². The molecule has 19 heavy (non-hydrogen) atoms. The van der Waals surface area contributed by atoms with Crippen LogP contribution < -0.4 is 4.90 Å². The Morgan fingerprint density at radius 1 is 1.63 bits per heavy atom. The molecular formula is C11H11FN4O3. The van der Waals surface area contributed by atoms with Crippen LogP contribution in [0.4, 0.5) is 14.9 Å². The van der Waals surface area contributed by atoms with E-state index in [1.165, 1.54) is 23.1 Å². The average Bonchev–Trinajstić information content (AvgIpc) is 2.78. The van der Waals surface area contributed by atoms with Crippen LogP contribution in [0.25, 0.3) is 10.4 Å². The fraction of sp³-hybridized carbons (Fsp3) is 0.364. The largest absolute Gasteiger partial charge is 0.441 e. The molecule has 1 aromatic rings. The number of anilines is 1. The van der Waals surface area contributed by atoms with Gasteiger partial charge >= 0.3 is 6.09 Å². The first kappa shape index (κ1) is 13.1. The van der Waals surface area contributed by atoms with Crippen LogP contribution >= 0.6 is 0 Å². The molecule has 0 aliphatic carbocycles. The predicted molar refractivity (Wildman–Crippen MR) is 64.0 cm³/mol. The number of hydrogen-bond donors (Lipinski definition) is 1. The van der Waals surface area contributed by atoms with Gasteiger partial charge in [0.2, 0.25) is 0 Å². The van der Waals surface area contributed by atoms with E-state index in [0.29, 0.717) is 5.69 Å². The lowest BCUT2D eigenvalue weighted by atomic mass is 10.2. The van der Waals surface area contributed by atoms with Gasteiger partial charge < -0.3 is 9.84 Å². The topological polar surface area (TPSA) is 98.5 Å². The molecule has 1 fully saturated rings. The molecule has 7 nitrogen and oxygen atoms in total. The SMILES string of the molecule is [N-]=[N+]=NCc1ccc(N2C[C@@H](CO)OC2=O)cc1F. The average molecular weight is 266 g/mol. The first-order valence-corrected chi connectivity index (χ1v) is 5.54. The van der Waals surface area contributed by atoms with Gasteiger partial charge in [0, 0.05) is 4.91 Å².